The maximum absolute atomic E-state index is 9.29. The summed E-state index contributed by atoms with van der Waals surface area (Å²) < 4.78 is 0. The zero-order valence-electron chi connectivity index (χ0n) is 50.0. The van der Waals surface area contributed by atoms with E-state index in [2.05, 4.69) is 323 Å². The molecular formula is C84H62N6. The van der Waals surface area contributed by atoms with Crippen LogP contribution in [0.4, 0.5) is 56.9 Å². The fourth-order valence-corrected chi connectivity index (χ4v) is 11.6. The van der Waals surface area contributed by atoms with Gasteiger partial charge >= 0.3 is 0 Å². The molecule has 0 aliphatic heterocycles. The van der Waals surface area contributed by atoms with Crippen LogP contribution in [0.5, 0.6) is 0 Å². The van der Waals surface area contributed by atoms with Crippen molar-refractivity contribution in [1.29, 1.82) is 10.5 Å². The summed E-state index contributed by atoms with van der Waals surface area (Å²) in [7, 11) is 4.06. The van der Waals surface area contributed by atoms with E-state index >= 15 is 0 Å². The molecule has 0 saturated carbocycles. The van der Waals surface area contributed by atoms with Gasteiger partial charge in [0.15, 0.2) is 0 Å². The zero-order chi connectivity index (χ0) is 61.2. The Labute approximate surface area is 527 Å². The molecule has 0 aliphatic rings. The smallest absolute Gasteiger partial charge is 0.0992 e. The molecule has 0 unspecified atom stereocenters. The highest BCUT2D eigenvalue weighted by molar-refractivity contribution is 5.92. The number of nitrogens with zero attached hydrogens (tertiary/aromatic N) is 6. The fraction of sp³-hybridized carbons (Fsp3) is 0.0238. The van der Waals surface area contributed by atoms with Gasteiger partial charge in [-0.25, -0.2) is 0 Å². The van der Waals surface area contributed by atoms with Crippen LogP contribution in [0.15, 0.2) is 340 Å². The molecule has 0 atom stereocenters. The minimum atomic E-state index is 0.653. The molecule has 0 amide bonds. The number of hydrogen-bond acceptors (Lipinski definition) is 6. The number of nitriles is 2. The van der Waals surface area contributed by atoms with E-state index in [4.69, 9.17) is 5.26 Å². The van der Waals surface area contributed by atoms with Crippen LogP contribution < -0.4 is 19.6 Å². The summed E-state index contributed by atoms with van der Waals surface area (Å²) in [4.78, 5) is 8.88. The first-order chi connectivity index (χ1) is 44.3. The van der Waals surface area contributed by atoms with Gasteiger partial charge in [-0.15, -0.1) is 0 Å². The first kappa shape index (κ1) is 56.9. The maximum Gasteiger partial charge on any atom is 0.0992 e. The van der Waals surface area contributed by atoms with Gasteiger partial charge in [-0.1, -0.05) is 200 Å². The minimum Gasteiger partial charge on any atom is -0.345 e. The number of fused-ring (bicyclic) bond motifs is 2. The van der Waals surface area contributed by atoms with E-state index in [0.717, 1.165) is 79.1 Å². The quantitative estimate of drug-likeness (QED) is 0.108. The van der Waals surface area contributed by atoms with E-state index in [1.165, 1.54) is 43.8 Å². The molecule has 428 valence electrons. The second-order valence-corrected chi connectivity index (χ2v) is 22.2. The predicted octanol–water partition coefficient (Wildman–Crippen LogP) is 22.6. The Hall–Kier alpha value is -12.2. The monoisotopic (exact) mass is 1150 g/mol. The zero-order valence-corrected chi connectivity index (χ0v) is 50.0. The fourth-order valence-electron chi connectivity index (χ4n) is 11.6. The highest BCUT2D eigenvalue weighted by atomic mass is 15.1. The lowest BCUT2D eigenvalue weighted by atomic mass is 10.0. The third kappa shape index (κ3) is 12.5. The molecule has 14 rings (SSSR count). The number of benzene rings is 14. The third-order valence-corrected chi connectivity index (χ3v) is 16.6. The lowest BCUT2D eigenvalue weighted by Crippen LogP contribution is -2.10. The van der Waals surface area contributed by atoms with E-state index < -0.39 is 0 Å². The number of hydrogen-bond donors (Lipinski definition) is 0. The first-order valence-corrected chi connectivity index (χ1v) is 30.1. The normalized spacial score (nSPS) is 10.8. The number of rotatable bonds is 14. The molecule has 6 nitrogen and oxygen atoms in total. The van der Waals surface area contributed by atoms with Crippen LogP contribution >= 0.6 is 0 Å². The average molecular weight is 1160 g/mol. The van der Waals surface area contributed by atoms with E-state index in [1.807, 2.05) is 62.6 Å². The molecule has 0 heterocycles. The molecule has 0 N–H and O–H groups in total. The van der Waals surface area contributed by atoms with Gasteiger partial charge < -0.3 is 19.6 Å². The summed E-state index contributed by atoms with van der Waals surface area (Å²) >= 11 is 0. The molecule has 0 fully saturated rings. The average Bonchev–Trinajstić information content (AvgIpc) is 1.74. The molecule has 0 aromatic heterocycles. The third-order valence-electron chi connectivity index (χ3n) is 16.6. The van der Waals surface area contributed by atoms with Crippen LogP contribution in [0, 0.1) is 22.7 Å². The van der Waals surface area contributed by atoms with Crippen LogP contribution in [-0.2, 0) is 0 Å². The summed E-state index contributed by atoms with van der Waals surface area (Å²) in [6.07, 6.45) is 0. The van der Waals surface area contributed by atoms with Crippen molar-refractivity contribution in [2.24, 2.45) is 0 Å². The van der Waals surface area contributed by atoms with Crippen molar-refractivity contribution < 1.29 is 0 Å². The van der Waals surface area contributed by atoms with Crippen LogP contribution in [0.1, 0.15) is 11.1 Å². The summed E-state index contributed by atoms with van der Waals surface area (Å²) in [5.74, 6) is 0. The predicted molar refractivity (Wildman–Crippen MR) is 377 cm³/mol. The van der Waals surface area contributed by atoms with Gasteiger partial charge in [-0.3, -0.25) is 0 Å². The molecule has 0 radical (unpaired) electrons. The molecule has 0 spiro atoms. The lowest BCUT2D eigenvalue weighted by Gasteiger charge is -2.26. The Morgan fingerprint density at radius 3 is 0.911 bits per heavy atom. The molecular weight excluding hydrogens is 1090 g/mol. The Kier molecular flexibility index (Phi) is 16.5. The van der Waals surface area contributed by atoms with Crippen molar-refractivity contribution in [3.63, 3.8) is 0 Å². The highest BCUT2D eigenvalue weighted by Gasteiger charge is 2.18. The van der Waals surface area contributed by atoms with Crippen molar-refractivity contribution >= 4 is 78.4 Å². The van der Waals surface area contributed by atoms with Crippen molar-refractivity contribution in [3.8, 4) is 56.6 Å². The SMILES string of the molecule is CN(c1ccc(-c2ccc(N(c3cccc(-c4ccccc4)c3)c3ccc4ccccc4c3)cc2)cc1)c1cccc(C#N)c1.CN(c1ccc(C#N)cc1)c1ccc(-c2ccc(N(c3cccc(-c4ccccc4)c3)c3ccc4ccccc4c3)cc2)cc1. The minimum absolute atomic E-state index is 0.653. The molecule has 0 aliphatic carbocycles. The maximum atomic E-state index is 9.29. The summed E-state index contributed by atoms with van der Waals surface area (Å²) in [5, 5.41) is 23.3. The Bertz CT molecular complexity index is 4860. The van der Waals surface area contributed by atoms with Crippen LogP contribution in [0.2, 0.25) is 0 Å². The molecule has 14 aromatic carbocycles. The van der Waals surface area contributed by atoms with Crippen molar-refractivity contribution in [3.05, 3.63) is 351 Å². The summed E-state index contributed by atoms with van der Waals surface area (Å²) in [5.41, 5.74) is 21.5. The van der Waals surface area contributed by atoms with Gasteiger partial charge in [0.2, 0.25) is 0 Å². The molecule has 90 heavy (non-hydrogen) atoms. The van der Waals surface area contributed by atoms with Gasteiger partial charge in [0.05, 0.1) is 23.3 Å². The second kappa shape index (κ2) is 26.2. The van der Waals surface area contributed by atoms with Crippen LogP contribution in [0.25, 0.3) is 66.1 Å². The van der Waals surface area contributed by atoms with Gasteiger partial charge in [0, 0.05) is 71.0 Å². The van der Waals surface area contributed by atoms with Gasteiger partial charge in [0.25, 0.3) is 0 Å². The van der Waals surface area contributed by atoms with Gasteiger partial charge in [-0.2, -0.15) is 10.5 Å². The largest absolute Gasteiger partial charge is 0.345 e. The van der Waals surface area contributed by atoms with Gasteiger partial charge in [-0.05, 0) is 206 Å². The molecule has 14 aromatic rings. The van der Waals surface area contributed by atoms with E-state index in [0.29, 0.717) is 11.1 Å². The standard InChI is InChI=1S/2C42H31N3/c1-44(40-15-7-9-31(27-40)30-43)38-22-17-34(18-23-38)35-19-24-39(25-20-35)45(42-26-21-33-12-5-6-13-36(33)29-42)41-16-8-14-37(28-41)32-10-3-2-4-11-32;1-44(38-21-14-31(30-43)15-22-38)39-23-16-34(17-24-39)35-18-25-40(26-19-35)45(42-27-20-33-10-5-6-11-36(33)29-42)41-13-7-12-37(28-41)32-8-3-2-4-9-32/h2*2-29H,1H3. The van der Waals surface area contributed by atoms with Crippen LogP contribution in [0.3, 0.4) is 0 Å². The molecule has 0 saturated heterocycles. The number of anilines is 10. The summed E-state index contributed by atoms with van der Waals surface area (Å²) in [6.45, 7) is 0. The Morgan fingerprint density at radius 2 is 0.500 bits per heavy atom. The Morgan fingerprint density at radius 1 is 0.200 bits per heavy atom. The lowest BCUT2D eigenvalue weighted by molar-refractivity contribution is 1.21. The van der Waals surface area contributed by atoms with Crippen molar-refractivity contribution in [1.82, 2.24) is 0 Å². The first-order valence-electron chi connectivity index (χ1n) is 30.1. The van der Waals surface area contributed by atoms with E-state index in [-0.39, 0.29) is 0 Å². The topological polar surface area (TPSA) is 60.5 Å². The van der Waals surface area contributed by atoms with E-state index in [9.17, 15) is 5.26 Å². The molecule has 0 bridgehead atoms. The highest BCUT2D eigenvalue weighted by Crippen LogP contribution is 2.42. The molecule has 6 heteroatoms. The second-order valence-electron chi connectivity index (χ2n) is 22.2. The van der Waals surface area contributed by atoms with Crippen molar-refractivity contribution in [2.45, 2.75) is 0 Å². The van der Waals surface area contributed by atoms with Crippen LogP contribution in [-0.4, -0.2) is 14.1 Å². The summed E-state index contributed by atoms with van der Waals surface area (Å²) in [6, 6.07) is 123. The Balaban J connectivity index is 0.000000165. The van der Waals surface area contributed by atoms with E-state index in [1.54, 1.807) is 0 Å². The van der Waals surface area contributed by atoms with Gasteiger partial charge in [0.1, 0.15) is 0 Å². The van der Waals surface area contributed by atoms with Crippen molar-refractivity contribution in [2.75, 3.05) is 33.7 Å².